The van der Waals surface area contributed by atoms with Crippen molar-refractivity contribution in [1.29, 1.82) is 0 Å². The standard InChI is InChI=1S/2C18H16FN2O.C14H16FN2O.C13H14FN2O.C11H6F2N.C8H5F3N4.C8H5N3.C7H5N4.3Ir/c2*1-2-22-18-12-15(19)8-9-16(18)17-10-11-21(20-17)13-14-6-4-3-5-7-14;1-4-11-9-13(16-17(11)3)12-7-6-10(15)8-14(12)18-5-2;1-3-16-8-7-12(15-16)11-6-5-10(14)9-13(11)17-4-2;12-8-4-5-9(10(13)7-8)11-3-1-2-6-14-11;9-8(10,11)15-5-7(13-14-15)6-3-1-2-4-12-6;1-2-4-7(5-3-1)8-9-6-10-11-8;1-2-4-8-6(3-1)7-5-9-11-10-7;;;/h2*3-8,10-12H,2,13H2,1H3;6,8-9H,4-5H2,1-3H3;5,7-9H,3-4H2,1-2H3;1-4,6-7H;1-5H;1-4,6H;1-5H;;;/q5*-1;;-2;-1;3*+3. The van der Waals surface area contributed by atoms with Crippen LogP contribution in [0, 0.1) is 71.3 Å². The molecule has 18 rings (SSSR count). The van der Waals surface area contributed by atoms with Gasteiger partial charge in [0.05, 0.1) is 57.1 Å². The van der Waals surface area contributed by atoms with Gasteiger partial charge in [0, 0.05) is 143 Å². The van der Waals surface area contributed by atoms with E-state index >= 15 is 0 Å². The Morgan fingerprint density at radius 2 is 0.827 bits per heavy atom. The zero-order valence-corrected chi connectivity index (χ0v) is 79.4. The fourth-order valence-corrected chi connectivity index (χ4v) is 11.8. The van der Waals surface area contributed by atoms with Crippen LogP contribution in [0.15, 0.2) is 280 Å². The molecule has 0 N–H and O–H groups in total. The van der Waals surface area contributed by atoms with Crippen LogP contribution >= 0.6 is 0 Å². The molecule has 0 radical (unpaired) electrons. The van der Waals surface area contributed by atoms with Gasteiger partial charge in [-0.3, -0.25) is 65.3 Å². The number of hydrogen-bond acceptors (Lipinski definition) is 16. The quantitative estimate of drug-likeness (QED) is 0.0347. The van der Waals surface area contributed by atoms with Crippen molar-refractivity contribution in [1.82, 2.24) is 95.0 Å². The fraction of sp³-hybridized carbons (Fsp3) is 0.165. The summed E-state index contributed by atoms with van der Waals surface area (Å²) in [7, 11) is 1.90. The number of ether oxygens (including phenoxy) is 4. The van der Waals surface area contributed by atoms with Crippen LogP contribution in [-0.4, -0.2) is 106 Å². The fourth-order valence-electron chi connectivity index (χ4n) is 11.8. The van der Waals surface area contributed by atoms with Crippen LogP contribution in [0.1, 0.15) is 58.4 Å². The number of rotatable bonds is 22. The average molecular weight is 2340 g/mol. The first-order valence-electron chi connectivity index (χ1n) is 40.5. The molecule has 0 bridgehead atoms. The summed E-state index contributed by atoms with van der Waals surface area (Å²) in [6.07, 6.45) is 10.6. The largest absolute Gasteiger partial charge is 3.00 e. The summed E-state index contributed by atoms with van der Waals surface area (Å²) in [5, 5.41) is 42.4. The van der Waals surface area contributed by atoms with Gasteiger partial charge in [0.1, 0.15) is 5.69 Å². The van der Waals surface area contributed by atoms with Crippen LogP contribution in [0.2, 0.25) is 0 Å². The Balaban J connectivity index is 0.000000188. The normalized spacial score (nSPS) is 10.3. The third-order valence-corrected chi connectivity index (χ3v) is 17.8. The number of hydrogen-bond donors (Lipinski definition) is 0. The molecular formula is C97H83F9Ir3N20O4+. The molecule has 0 atom stereocenters. The minimum atomic E-state index is -4.54. The van der Waals surface area contributed by atoms with Gasteiger partial charge in [-0.05, 0) is 93.9 Å². The van der Waals surface area contributed by atoms with Gasteiger partial charge >= 0.3 is 66.6 Å². The molecule has 0 amide bonds. The van der Waals surface area contributed by atoms with Crippen molar-refractivity contribution in [3.63, 3.8) is 0 Å². The van der Waals surface area contributed by atoms with E-state index in [1.54, 1.807) is 55.0 Å². The SMILES string of the molecule is CCOc1cc(F)c[c-]c1-c1cc(CC)n(C)n1.CCOc1cc(F)c[c-]c1-c1ccn(CC)n1.CCOc1cc(F)c[c-]c1-c1ccn(Cc2ccccc2)n1.CCOc1cc(F)c[c-]c1-c1ccn(Cc2ccccc2)n1.FC(F)(F)[n+]1cc(-c2ccccn2)[n-]n1.Fc1c[c-]c(-c2ccccn2)c(F)c1.[Ir+3].[Ir+3].[Ir+3].[c-]1ccccc1-c1ncn[n-]1.c1ccc(-c2cnn[n-]2)nc1. The van der Waals surface area contributed by atoms with E-state index in [1.807, 2.05) is 182 Å². The summed E-state index contributed by atoms with van der Waals surface area (Å²) in [4.78, 5) is 15.8. The Kier molecular flexibility index (Phi) is 42.3. The number of nitrogens with zero attached hydrogens (tertiary/aromatic N) is 20. The van der Waals surface area contributed by atoms with E-state index in [0.717, 1.165) is 71.0 Å². The maximum Gasteiger partial charge on any atom is 3.00 e. The van der Waals surface area contributed by atoms with Gasteiger partial charge in [-0.1, -0.05) is 186 Å². The van der Waals surface area contributed by atoms with Gasteiger partial charge in [0.25, 0.3) is 0 Å². The topological polar surface area (TPSA) is 257 Å². The van der Waals surface area contributed by atoms with E-state index in [2.05, 4.69) is 144 Å². The number of aromatic nitrogens is 20. The second-order valence-corrected chi connectivity index (χ2v) is 26.9. The second-order valence-electron chi connectivity index (χ2n) is 26.9. The summed E-state index contributed by atoms with van der Waals surface area (Å²) in [5.41, 5.74) is 12.6. The van der Waals surface area contributed by atoms with Crippen LogP contribution in [0.3, 0.4) is 0 Å². The molecule has 0 saturated heterocycles. The molecule has 24 nitrogen and oxygen atoms in total. The number of benzene rings is 8. The van der Waals surface area contributed by atoms with E-state index in [0.29, 0.717) is 108 Å². The Labute approximate surface area is 802 Å². The summed E-state index contributed by atoms with van der Waals surface area (Å²) in [5.74, 6) is -0.198. The zero-order chi connectivity index (χ0) is 92.0. The molecule has 0 unspecified atom stereocenters. The predicted molar refractivity (Wildman–Crippen MR) is 467 cm³/mol. The second kappa shape index (κ2) is 54.0. The number of alkyl halides is 3. The molecule has 0 spiro atoms. The molecule has 18 aromatic rings. The first-order valence-corrected chi connectivity index (χ1v) is 40.5. The molecule has 36 heteroatoms. The molecular weight excluding hydrogens is 2260 g/mol. The molecule has 0 aliphatic carbocycles. The van der Waals surface area contributed by atoms with Crippen molar-refractivity contribution in [2.75, 3.05) is 26.4 Å². The van der Waals surface area contributed by atoms with Crippen molar-refractivity contribution in [2.24, 2.45) is 7.05 Å². The number of pyridine rings is 3. The van der Waals surface area contributed by atoms with Crippen LogP contribution < -0.4 is 38.9 Å². The van der Waals surface area contributed by atoms with Crippen LogP contribution in [-0.2, 0) is 99.7 Å². The minimum absolute atomic E-state index is 0. The van der Waals surface area contributed by atoms with Crippen molar-refractivity contribution < 1.29 is 123 Å². The third kappa shape index (κ3) is 31.9. The maximum atomic E-state index is 13.3. The minimum Gasteiger partial charge on any atom is -0.537 e. The summed E-state index contributed by atoms with van der Waals surface area (Å²) < 4.78 is 144. The van der Waals surface area contributed by atoms with Crippen LogP contribution in [0.5, 0.6) is 23.0 Å². The number of halogens is 9. The monoisotopic (exact) mass is 2340 g/mol. The molecule has 8 aromatic carbocycles. The first kappa shape index (κ1) is 104. The molecule has 0 aliphatic rings. The third-order valence-electron chi connectivity index (χ3n) is 17.8. The van der Waals surface area contributed by atoms with E-state index in [1.165, 1.54) is 72.2 Å². The smallest absolute Gasteiger partial charge is 0.537 e. The maximum absolute atomic E-state index is 13.3. The Bertz CT molecular complexity index is 6190. The van der Waals surface area contributed by atoms with E-state index < -0.39 is 17.9 Å². The van der Waals surface area contributed by atoms with Crippen molar-refractivity contribution in [3.8, 4) is 113 Å². The van der Waals surface area contributed by atoms with E-state index in [-0.39, 0.29) is 99.5 Å². The van der Waals surface area contributed by atoms with Crippen LogP contribution in [0.25, 0.3) is 90.5 Å². The van der Waals surface area contributed by atoms with Gasteiger partial charge < -0.3 is 44.2 Å². The van der Waals surface area contributed by atoms with Gasteiger partial charge in [-0.15, -0.1) is 115 Å². The molecule has 0 fully saturated rings. The molecule has 10 heterocycles. The Morgan fingerprint density at radius 1 is 0.406 bits per heavy atom. The average Bonchev–Trinajstić information content (AvgIpc) is 1.50. The van der Waals surface area contributed by atoms with Gasteiger partial charge in [0.15, 0.2) is 0 Å². The van der Waals surface area contributed by atoms with Crippen LogP contribution in [0.4, 0.5) is 39.5 Å². The molecule has 10 aromatic heterocycles. The van der Waals surface area contributed by atoms with Gasteiger partial charge in [-0.25, -0.2) is 20.4 Å². The first-order chi connectivity index (χ1) is 63.2. The van der Waals surface area contributed by atoms with Gasteiger partial charge in [-0.2, -0.15) is 10.2 Å². The predicted octanol–water partition coefficient (Wildman–Crippen LogP) is 18.8. The summed E-state index contributed by atoms with van der Waals surface area (Å²) in [6, 6.07) is 80.6. The molecule has 0 aliphatic heterocycles. The summed E-state index contributed by atoms with van der Waals surface area (Å²) in [6.45, 7) is 15.6. The summed E-state index contributed by atoms with van der Waals surface area (Å²) >= 11 is 0. The molecule has 0 saturated carbocycles. The Morgan fingerprint density at radius 3 is 1.20 bits per heavy atom. The molecule has 133 heavy (non-hydrogen) atoms. The van der Waals surface area contributed by atoms with Crippen molar-refractivity contribution >= 4 is 0 Å². The van der Waals surface area contributed by atoms with Gasteiger partial charge in [0.2, 0.25) is 0 Å². The van der Waals surface area contributed by atoms with Crippen molar-refractivity contribution in [2.45, 2.75) is 73.9 Å². The van der Waals surface area contributed by atoms with E-state index in [9.17, 15) is 39.5 Å². The van der Waals surface area contributed by atoms with E-state index in [4.69, 9.17) is 18.9 Å². The zero-order valence-electron chi connectivity index (χ0n) is 72.2. The number of aryl methyl sites for hydroxylation is 3. The van der Waals surface area contributed by atoms with Crippen molar-refractivity contribution in [3.05, 3.63) is 368 Å². The Hall–Kier alpha value is -14.0. The molecule has 684 valence electrons.